The lowest BCUT2D eigenvalue weighted by molar-refractivity contribution is -0.136. The number of rotatable bonds is 6. The van der Waals surface area contributed by atoms with Gasteiger partial charge in [0.1, 0.15) is 6.54 Å². The summed E-state index contributed by atoms with van der Waals surface area (Å²) in [5.74, 6) is -0.453. The molecule has 104 valence electrons. The van der Waals surface area contributed by atoms with Gasteiger partial charge in [0.25, 0.3) is 0 Å². The van der Waals surface area contributed by atoms with Gasteiger partial charge in [0.2, 0.25) is 11.8 Å². The molecule has 0 saturated carbocycles. The summed E-state index contributed by atoms with van der Waals surface area (Å²) in [5, 5.41) is 3.24. The maximum absolute atomic E-state index is 11.9. The Morgan fingerprint density at radius 3 is 2.74 bits per heavy atom. The number of nitrogens with zero attached hydrogens (tertiary/aromatic N) is 2. The van der Waals surface area contributed by atoms with Crippen molar-refractivity contribution in [2.75, 3.05) is 18.4 Å². The first-order valence-corrected chi connectivity index (χ1v) is 6.87. The molecule has 2 amide bonds. The first kappa shape index (κ1) is 15.4. The number of thiazole rings is 1. The van der Waals surface area contributed by atoms with E-state index in [1.54, 1.807) is 26.1 Å². The zero-order valence-electron chi connectivity index (χ0n) is 11.5. The van der Waals surface area contributed by atoms with Crippen molar-refractivity contribution >= 4 is 28.3 Å². The minimum Gasteiger partial charge on any atom is -0.329 e. The third-order valence-corrected chi connectivity index (χ3v) is 3.19. The van der Waals surface area contributed by atoms with E-state index in [9.17, 15) is 9.59 Å². The summed E-state index contributed by atoms with van der Waals surface area (Å²) in [6.45, 7) is 9.51. The largest absolute Gasteiger partial charge is 0.329 e. The van der Waals surface area contributed by atoms with Crippen molar-refractivity contribution in [3.05, 3.63) is 23.7 Å². The van der Waals surface area contributed by atoms with E-state index in [0.29, 0.717) is 11.7 Å². The molecule has 0 aromatic carbocycles. The van der Waals surface area contributed by atoms with Crippen LogP contribution in [0.1, 0.15) is 18.7 Å². The van der Waals surface area contributed by atoms with Gasteiger partial charge in [0.15, 0.2) is 5.13 Å². The standard InChI is InChI=1S/C13H19N3O2S/c1-5-6-16(12(18)9(2)3)8-11(17)15-13-14-7-10(4)19-13/h5,7,9H,1,6,8H2,2-4H3,(H,14,15,17). The van der Waals surface area contributed by atoms with Gasteiger partial charge >= 0.3 is 0 Å². The lowest BCUT2D eigenvalue weighted by Gasteiger charge is -2.22. The van der Waals surface area contributed by atoms with Gasteiger partial charge in [-0.15, -0.1) is 17.9 Å². The van der Waals surface area contributed by atoms with E-state index in [0.717, 1.165) is 4.88 Å². The second-order valence-electron chi connectivity index (χ2n) is 4.49. The van der Waals surface area contributed by atoms with E-state index in [2.05, 4.69) is 16.9 Å². The average molecular weight is 281 g/mol. The van der Waals surface area contributed by atoms with Crippen molar-refractivity contribution in [2.24, 2.45) is 5.92 Å². The summed E-state index contributed by atoms with van der Waals surface area (Å²) in [4.78, 5) is 30.3. The molecular formula is C13H19N3O2S. The molecule has 0 bridgehead atoms. The fourth-order valence-electron chi connectivity index (χ4n) is 1.50. The third kappa shape index (κ3) is 4.82. The number of aryl methyl sites for hydroxylation is 1. The third-order valence-electron chi connectivity index (χ3n) is 2.36. The summed E-state index contributed by atoms with van der Waals surface area (Å²) < 4.78 is 0. The lowest BCUT2D eigenvalue weighted by Crippen LogP contribution is -2.40. The van der Waals surface area contributed by atoms with Gasteiger partial charge in [0.05, 0.1) is 0 Å². The number of hydrogen-bond donors (Lipinski definition) is 1. The van der Waals surface area contributed by atoms with E-state index < -0.39 is 0 Å². The molecule has 6 heteroatoms. The van der Waals surface area contributed by atoms with Crippen LogP contribution in [0.5, 0.6) is 0 Å². The van der Waals surface area contributed by atoms with Crippen molar-refractivity contribution in [3.8, 4) is 0 Å². The van der Waals surface area contributed by atoms with Crippen molar-refractivity contribution in [1.29, 1.82) is 0 Å². The molecular weight excluding hydrogens is 262 g/mol. The summed E-state index contributed by atoms with van der Waals surface area (Å²) in [6.07, 6.45) is 3.31. The predicted molar refractivity (Wildman–Crippen MR) is 77.1 cm³/mol. The minimum atomic E-state index is -0.245. The smallest absolute Gasteiger partial charge is 0.245 e. The predicted octanol–water partition coefficient (Wildman–Crippen LogP) is 2.06. The van der Waals surface area contributed by atoms with E-state index in [1.165, 1.54) is 16.2 Å². The maximum Gasteiger partial charge on any atom is 0.245 e. The van der Waals surface area contributed by atoms with Crippen LogP contribution in [0.15, 0.2) is 18.9 Å². The summed E-state index contributed by atoms with van der Waals surface area (Å²) >= 11 is 1.40. The van der Waals surface area contributed by atoms with E-state index in [4.69, 9.17) is 0 Å². The second-order valence-corrected chi connectivity index (χ2v) is 5.72. The van der Waals surface area contributed by atoms with Crippen LogP contribution in [0.2, 0.25) is 0 Å². The Bertz CT molecular complexity index is 468. The quantitative estimate of drug-likeness (QED) is 0.812. The second kappa shape index (κ2) is 7.04. The fourth-order valence-corrected chi connectivity index (χ4v) is 2.18. The number of anilines is 1. The highest BCUT2D eigenvalue weighted by atomic mass is 32.1. The molecule has 0 atom stereocenters. The van der Waals surface area contributed by atoms with Gasteiger partial charge in [-0.2, -0.15) is 0 Å². The molecule has 0 aliphatic carbocycles. The summed E-state index contributed by atoms with van der Waals surface area (Å²) in [6, 6.07) is 0. The molecule has 0 fully saturated rings. The molecule has 0 aliphatic rings. The minimum absolute atomic E-state index is 0.0155. The lowest BCUT2D eigenvalue weighted by atomic mass is 10.2. The Morgan fingerprint density at radius 2 is 2.26 bits per heavy atom. The van der Waals surface area contributed by atoms with E-state index in [-0.39, 0.29) is 24.3 Å². The molecule has 0 aliphatic heterocycles. The van der Waals surface area contributed by atoms with Crippen LogP contribution < -0.4 is 5.32 Å². The van der Waals surface area contributed by atoms with Crippen LogP contribution >= 0.6 is 11.3 Å². The Kier molecular flexibility index (Phi) is 5.69. The van der Waals surface area contributed by atoms with Gasteiger partial charge in [-0.1, -0.05) is 19.9 Å². The average Bonchev–Trinajstić information content (AvgIpc) is 2.73. The Morgan fingerprint density at radius 1 is 1.58 bits per heavy atom. The molecule has 1 heterocycles. The maximum atomic E-state index is 11.9. The number of carbonyl (C=O) groups excluding carboxylic acids is 2. The van der Waals surface area contributed by atoms with Gasteiger partial charge in [0, 0.05) is 23.5 Å². The first-order valence-electron chi connectivity index (χ1n) is 6.06. The van der Waals surface area contributed by atoms with Gasteiger partial charge < -0.3 is 10.2 Å². The molecule has 1 N–H and O–H groups in total. The van der Waals surface area contributed by atoms with Crippen LogP contribution in [0.3, 0.4) is 0 Å². The molecule has 1 rings (SSSR count). The van der Waals surface area contributed by atoms with E-state index >= 15 is 0 Å². The Labute approximate surface area is 117 Å². The van der Waals surface area contributed by atoms with Crippen molar-refractivity contribution in [1.82, 2.24) is 9.88 Å². The molecule has 0 unspecified atom stereocenters. The normalized spacial score (nSPS) is 10.3. The van der Waals surface area contributed by atoms with Gasteiger partial charge in [-0.05, 0) is 6.92 Å². The number of amides is 2. The molecule has 0 radical (unpaired) electrons. The summed E-state index contributed by atoms with van der Waals surface area (Å²) in [5.41, 5.74) is 0. The topological polar surface area (TPSA) is 62.3 Å². The van der Waals surface area contributed by atoms with Crippen molar-refractivity contribution in [2.45, 2.75) is 20.8 Å². The van der Waals surface area contributed by atoms with E-state index in [1.807, 2.05) is 6.92 Å². The SMILES string of the molecule is C=CCN(CC(=O)Nc1ncc(C)s1)C(=O)C(C)C. The number of hydrogen-bond acceptors (Lipinski definition) is 4. The first-order chi connectivity index (χ1) is 8.93. The van der Waals surface area contributed by atoms with Crippen molar-refractivity contribution in [3.63, 3.8) is 0 Å². The highest BCUT2D eigenvalue weighted by molar-refractivity contribution is 7.15. The summed E-state index contributed by atoms with van der Waals surface area (Å²) in [7, 11) is 0. The Hall–Kier alpha value is -1.69. The number of nitrogens with one attached hydrogen (secondary N) is 1. The molecule has 0 saturated heterocycles. The highest BCUT2D eigenvalue weighted by Crippen LogP contribution is 2.16. The van der Waals surface area contributed by atoms with Crippen molar-refractivity contribution < 1.29 is 9.59 Å². The molecule has 1 aromatic rings. The van der Waals surface area contributed by atoms with Gasteiger partial charge in [-0.3, -0.25) is 9.59 Å². The highest BCUT2D eigenvalue weighted by Gasteiger charge is 2.19. The Balaban J connectivity index is 2.61. The molecule has 1 aromatic heterocycles. The number of aromatic nitrogens is 1. The molecule has 5 nitrogen and oxygen atoms in total. The number of carbonyl (C=O) groups is 2. The zero-order chi connectivity index (χ0) is 14.4. The monoisotopic (exact) mass is 281 g/mol. The van der Waals surface area contributed by atoms with Crippen LogP contribution in [0.4, 0.5) is 5.13 Å². The van der Waals surface area contributed by atoms with Crippen LogP contribution in [-0.4, -0.2) is 34.8 Å². The zero-order valence-corrected chi connectivity index (χ0v) is 12.3. The van der Waals surface area contributed by atoms with Crippen LogP contribution in [0.25, 0.3) is 0 Å². The van der Waals surface area contributed by atoms with Crippen LogP contribution in [-0.2, 0) is 9.59 Å². The fraction of sp³-hybridized carbons (Fsp3) is 0.462. The van der Waals surface area contributed by atoms with Crippen LogP contribution in [0, 0.1) is 12.8 Å². The molecule has 0 spiro atoms. The van der Waals surface area contributed by atoms with Gasteiger partial charge in [-0.25, -0.2) is 4.98 Å². The molecule has 19 heavy (non-hydrogen) atoms.